The molecule has 1 fully saturated rings. The Morgan fingerprint density at radius 3 is 2.81 bits per heavy atom. The van der Waals surface area contributed by atoms with Crippen LogP contribution in [-0.2, 0) is 34.4 Å². The molecule has 1 aromatic carbocycles. The summed E-state index contributed by atoms with van der Waals surface area (Å²) >= 11 is 1.50. The number of para-hydroxylation sites is 1. The van der Waals surface area contributed by atoms with Gasteiger partial charge < -0.3 is 9.64 Å². The van der Waals surface area contributed by atoms with Gasteiger partial charge in [-0.05, 0) is 30.9 Å². The van der Waals surface area contributed by atoms with Crippen LogP contribution in [0.25, 0.3) is 10.6 Å². The summed E-state index contributed by atoms with van der Waals surface area (Å²) in [4.78, 5) is 32.8. The van der Waals surface area contributed by atoms with Gasteiger partial charge in [-0.1, -0.05) is 31.0 Å². The number of anilines is 1. The first kappa shape index (κ1) is 20.9. The van der Waals surface area contributed by atoms with E-state index >= 15 is 0 Å². The van der Waals surface area contributed by atoms with E-state index in [1.807, 2.05) is 41.7 Å². The molecule has 1 aliphatic carbocycles. The molecule has 1 aliphatic heterocycles. The lowest BCUT2D eigenvalue weighted by Gasteiger charge is -2.32. The Balaban J connectivity index is 1.24. The molecule has 0 radical (unpaired) electrons. The highest BCUT2D eigenvalue weighted by molar-refractivity contribution is 7.13. The second kappa shape index (κ2) is 8.86. The first-order chi connectivity index (χ1) is 15.6. The molecule has 166 valence electrons. The van der Waals surface area contributed by atoms with Crippen molar-refractivity contribution in [2.75, 3.05) is 11.4 Å². The monoisotopic (exact) mass is 450 g/mol. The average Bonchev–Trinajstić information content (AvgIpc) is 3.56. The number of carbonyl (C=O) groups is 2. The average molecular weight is 451 g/mol. The van der Waals surface area contributed by atoms with Crippen LogP contribution in [0.1, 0.15) is 36.9 Å². The van der Waals surface area contributed by atoms with Gasteiger partial charge in [-0.3, -0.25) is 14.3 Å². The molecule has 2 unspecified atom stereocenters. The maximum absolute atomic E-state index is 13.4. The second-order valence-corrected chi connectivity index (χ2v) is 9.38. The summed E-state index contributed by atoms with van der Waals surface area (Å²) in [6.07, 6.45) is 7.89. The Bertz CT molecular complexity index is 1140. The van der Waals surface area contributed by atoms with Gasteiger partial charge in [0.2, 0.25) is 5.91 Å². The Morgan fingerprint density at radius 1 is 1.19 bits per heavy atom. The lowest BCUT2D eigenvalue weighted by atomic mass is 9.78. The molecule has 0 N–H and O–H groups in total. The molecule has 0 saturated heterocycles. The number of nitrogens with zero attached hydrogens (tertiary/aromatic N) is 4. The van der Waals surface area contributed by atoms with Crippen LogP contribution in [0.5, 0.6) is 0 Å². The Kier molecular flexibility index (Phi) is 5.78. The largest absolute Gasteiger partial charge is 0.459 e. The lowest BCUT2D eigenvalue weighted by molar-refractivity contribution is -0.155. The van der Waals surface area contributed by atoms with E-state index in [0.29, 0.717) is 18.7 Å². The Labute approximate surface area is 191 Å². The first-order valence-electron chi connectivity index (χ1n) is 11.1. The van der Waals surface area contributed by atoms with Gasteiger partial charge in [0.1, 0.15) is 11.6 Å². The Morgan fingerprint density at radius 2 is 2.00 bits per heavy atom. The van der Waals surface area contributed by atoms with Gasteiger partial charge >= 0.3 is 5.97 Å². The van der Waals surface area contributed by atoms with E-state index in [2.05, 4.69) is 16.1 Å². The van der Waals surface area contributed by atoms with Crippen molar-refractivity contribution in [3.8, 4) is 10.6 Å². The summed E-state index contributed by atoms with van der Waals surface area (Å²) in [5, 5.41) is 6.92. The number of esters is 1. The van der Waals surface area contributed by atoms with Crippen LogP contribution in [0, 0.1) is 11.8 Å². The maximum atomic E-state index is 13.4. The molecule has 2 aliphatic rings. The van der Waals surface area contributed by atoms with Crippen molar-refractivity contribution >= 4 is 28.9 Å². The van der Waals surface area contributed by atoms with E-state index in [0.717, 1.165) is 41.9 Å². The number of hydrogen-bond donors (Lipinski definition) is 0. The number of hydrogen-bond acceptors (Lipinski definition) is 6. The predicted octanol–water partition coefficient (Wildman–Crippen LogP) is 3.98. The SMILES string of the molecule is Cn1cc(-c2nc(COC(=O)C3CCCCC3C(=O)N3CCc4ccccc43)cs2)cn1. The van der Waals surface area contributed by atoms with Crippen molar-refractivity contribution in [2.24, 2.45) is 18.9 Å². The van der Waals surface area contributed by atoms with E-state index in [4.69, 9.17) is 4.74 Å². The maximum Gasteiger partial charge on any atom is 0.310 e. The van der Waals surface area contributed by atoms with Crippen LogP contribution in [0.4, 0.5) is 5.69 Å². The molecule has 1 saturated carbocycles. The number of ether oxygens (including phenoxy) is 1. The van der Waals surface area contributed by atoms with E-state index in [1.54, 1.807) is 10.9 Å². The molecule has 7 nitrogen and oxygen atoms in total. The molecule has 3 aromatic rings. The van der Waals surface area contributed by atoms with Gasteiger partial charge in [0.05, 0.1) is 23.7 Å². The van der Waals surface area contributed by atoms with Gasteiger partial charge in [0.15, 0.2) is 0 Å². The van der Waals surface area contributed by atoms with Crippen LogP contribution in [-0.4, -0.2) is 33.2 Å². The third-order valence-electron chi connectivity index (χ3n) is 6.40. The van der Waals surface area contributed by atoms with Gasteiger partial charge in [0, 0.05) is 36.4 Å². The first-order valence-corrected chi connectivity index (χ1v) is 12.0. The zero-order valence-electron chi connectivity index (χ0n) is 18.1. The summed E-state index contributed by atoms with van der Waals surface area (Å²) in [6.45, 7) is 0.811. The minimum absolute atomic E-state index is 0.0594. The zero-order chi connectivity index (χ0) is 22.1. The number of thiazole rings is 1. The molecule has 0 bridgehead atoms. The minimum atomic E-state index is -0.388. The highest BCUT2D eigenvalue weighted by atomic mass is 32.1. The van der Waals surface area contributed by atoms with Crippen molar-refractivity contribution < 1.29 is 14.3 Å². The van der Waals surface area contributed by atoms with Crippen molar-refractivity contribution in [3.63, 3.8) is 0 Å². The zero-order valence-corrected chi connectivity index (χ0v) is 18.9. The highest BCUT2D eigenvalue weighted by Gasteiger charge is 2.40. The van der Waals surface area contributed by atoms with Crippen LogP contribution in [0.3, 0.4) is 0 Å². The van der Waals surface area contributed by atoms with E-state index < -0.39 is 0 Å². The molecule has 8 heteroatoms. The molecule has 2 atom stereocenters. The van der Waals surface area contributed by atoms with Gasteiger partial charge in [-0.15, -0.1) is 11.3 Å². The lowest BCUT2D eigenvalue weighted by Crippen LogP contribution is -2.42. The highest BCUT2D eigenvalue weighted by Crippen LogP contribution is 2.36. The van der Waals surface area contributed by atoms with Crippen LogP contribution in [0.15, 0.2) is 42.0 Å². The quantitative estimate of drug-likeness (QED) is 0.550. The molecule has 32 heavy (non-hydrogen) atoms. The van der Waals surface area contributed by atoms with E-state index in [-0.39, 0.29) is 30.3 Å². The third-order valence-corrected chi connectivity index (χ3v) is 7.35. The molecule has 3 heterocycles. The number of carbonyl (C=O) groups excluding carboxylic acids is 2. The smallest absolute Gasteiger partial charge is 0.310 e. The van der Waals surface area contributed by atoms with E-state index in [1.165, 1.54) is 16.9 Å². The van der Waals surface area contributed by atoms with Crippen molar-refractivity contribution in [2.45, 2.75) is 38.7 Å². The van der Waals surface area contributed by atoms with Gasteiger partial charge in [0.25, 0.3) is 0 Å². The molecule has 5 rings (SSSR count). The fourth-order valence-electron chi connectivity index (χ4n) is 4.77. The van der Waals surface area contributed by atoms with Crippen molar-refractivity contribution in [1.82, 2.24) is 14.8 Å². The standard InChI is InChI=1S/C24H26N4O3S/c1-27-13-17(12-25-27)22-26-18(15-32-22)14-31-24(30)20-8-4-3-7-19(20)23(29)28-11-10-16-6-2-5-9-21(16)28/h2,5-6,9,12-13,15,19-20H,3-4,7-8,10-11,14H2,1H3. The summed E-state index contributed by atoms with van der Waals surface area (Å²) < 4.78 is 7.38. The normalized spacial score (nSPS) is 20.2. The number of aryl methyl sites for hydroxylation is 1. The topological polar surface area (TPSA) is 77.3 Å². The minimum Gasteiger partial charge on any atom is -0.459 e. The number of fused-ring (bicyclic) bond motifs is 1. The molecular weight excluding hydrogens is 424 g/mol. The van der Waals surface area contributed by atoms with Crippen LogP contribution < -0.4 is 4.90 Å². The number of amides is 1. The summed E-state index contributed by atoms with van der Waals surface area (Å²) in [7, 11) is 1.86. The summed E-state index contributed by atoms with van der Waals surface area (Å²) in [5.74, 6) is -0.931. The van der Waals surface area contributed by atoms with Crippen molar-refractivity contribution in [3.05, 3.63) is 53.3 Å². The van der Waals surface area contributed by atoms with E-state index in [9.17, 15) is 9.59 Å². The fraction of sp³-hybridized carbons (Fsp3) is 0.417. The fourth-order valence-corrected chi connectivity index (χ4v) is 5.55. The van der Waals surface area contributed by atoms with Crippen LogP contribution >= 0.6 is 11.3 Å². The van der Waals surface area contributed by atoms with Gasteiger partial charge in [-0.25, -0.2) is 4.98 Å². The number of benzene rings is 1. The molecule has 0 spiro atoms. The second-order valence-electron chi connectivity index (χ2n) is 8.52. The molecule has 1 amide bonds. The van der Waals surface area contributed by atoms with Gasteiger partial charge in [-0.2, -0.15) is 5.10 Å². The predicted molar refractivity (Wildman–Crippen MR) is 122 cm³/mol. The summed E-state index contributed by atoms with van der Waals surface area (Å²) in [6, 6.07) is 8.04. The number of aromatic nitrogens is 3. The number of rotatable bonds is 5. The molecular formula is C24H26N4O3S. The van der Waals surface area contributed by atoms with Crippen molar-refractivity contribution in [1.29, 1.82) is 0 Å². The molecule has 2 aromatic heterocycles. The van der Waals surface area contributed by atoms with Crippen LogP contribution in [0.2, 0.25) is 0 Å². The third kappa shape index (κ3) is 4.07. The summed E-state index contributed by atoms with van der Waals surface area (Å²) in [5.41, 5.74) is 3.85. The Hall–Kier alpha value is -3.00.